The molecule has 0 heterocycles. The minimum atomic E-state index is -0.975. The summed E-state index contributed by atoms with van der Waals surface area (Å²) in [5, 5.41) is 12.9. The van der Waals surface area contributed by atoms with Crippen LogP contribution in [-0.2, 0) is 9.47 Å². The molecule has 0 aromatic heterocycles. The summed E-state index contributed by atoms with van der Waals surface area (Å²) in [5.74, 6) is 0. The Hall–Kier alpha value is -1.28. The van der Waals surface area contributed by atoms with E-state index >= 15 is 0 Å². The zero-order valence-corrected chi connectivity index (χ0v) is 10.8. The number of nitriles is 1. The smallest absolute Gasteiger partial charge is 0.193 e. The Bertz CT molecular complexity index is 398. The lowest BCUT2D eigenvalue weighted by atomic mass is 10.0. The topological polar surface area (TPSA) is 54.3 Å². The number of nitrogens with zero attached hydrogens (tertiary/aromatic N) is 1. The zero-order chi connectivity index (χ0) is 12.9. The van der Waals surface area contributed by atoms with Gasteiger partial charge in [0.25, 0.3) is 0 Å². The first-order valence-corrected chi connectivity index (χ1v) is 5.44. The van der Waals surface area contributed by atoms with Crippen molar-refractivity contribution in [2.75, 3.05) is 19.5 Å². The van der Waals surface area contributed by atoms with Gasteiger partial charge in [0.1, 0.15) is 0 Å². The molecule has 17 heavy (non-hydrogen) atoms. The van der Waals surface area contributed by atoms with Gasteiger partial charge in [-0.05, 0) is 31.2 Å². The molecule has 0 aliphatic rings. The van der Waals surface area contributed by atoms with Gasteiger partial charge < -0.3 is 14.8 Å². The van der Waals surface area contributed by atoms with Crippen LogP contribution in [0.3, 0.4) is 0 Å². The maximum Gasteiger partial charge on any atom is 0.193 e. The van der Waals surface area contributed by atoms with Gasteiger partial charge in [0.15, 0.2) is 11.8 Å². The van der Waals surface area contributed by atoms with Crippen molar-refractivity contribution in [2.24, 2.45) is 0 Å². The molecule has 0 spiro atoms. The molecule has 0 saturated carbocycles. The molecule has 4 nitrogen and oxygen atoms in total. The SMILES string of the molecule is COC(OC)C(C)(C#N)Nc1ccc(Cl)cc1. The van der Waals surface area contributed by atoms with Gasteiger partial charge in [-0.1, -0.05) is 11.6 Å². The Morgan fingerprint density at radius 3 is 2.24 bits per heavy atom. The molecule has 92 valence electrons. The third-order valence-corrected chi connectivity index (χ3v) is 2.63. The number of ether oxygens (including phenoxy) is 2. The van der Waals surface area contributed by atoms with Crippen molar-refractivity contribution in [3.05, 3.63) is 29.3 Å². The van der Waals surface area contributed by atoms with Crippen LogP contribution in [-0.4, -0.2) is 26.0 Å². The Labute approximate surface area is 106 Å². The fourth-order valence-electron chi connectivity index (χ4n) is 1.54. The predicted molar refractivity (Wildman–Crippen MR) is 66.9 cm³/mol. The standard InChI is InChI=1S/C12H15ClN2O2/c1-12(8-14,11(16-2)17-3)15-10-6-4-9(13)5-7-10/h4-7,11,15H,1-3H3. The normalized spacial score (nSPS) is 14.1. The van der Waals surface area contributed by atoms with Crippen molar-refractivity contribution in [3.63, 3.8) is 0 Å². The van der Waals surface area contributed by atoms with Crippen LogP contribution >= 0.6 is 11.6 Å². The average molecular weight is 255 g/mol. The lowest BCUT2D eigenvalue weighted by molar-refractivity contribution is -0.124. The molecule has 1 unspecified atom stereocenters. The van der Waals surface area contributed by atoms with E-state index in [9.17, 15) is 5.26 Å². The summed E-state index contributed by atoms with van der Waals surface area (Å²) in [7, 11) is 2.99. The lowest BCUT2D eigenvalue weighted by Crippen LogP contribution is -2.47. The van der Waals surface area contributed by atoms with Crippen molar-refractivity contribution in [1.82, 2.24) is 0 Å². The molecule has 5 heteroatoms. The molecular formula is C12H15ClN2O2. The number of halogens is 1. The van der Waals surface area contributed by atoms with Gasteiger partial charge in [0.2, 0.25) is 0 Å². The van der Waals surface area contributed by atoms with Crippen LogP contribution in [0.4, 0.5) is 5.69 Å². The number of hydrogen-bond donors (Lipinski definition) is 1. The van der Waals surface area contributed by atoms with E-state index in [1.807, 2.05) is 0 Å². The molecule has 1 aromatic rings. The van der Waals surface area contributed by atoms with Crippen molar-refractivity contribution in [3.8, 4) is 6.07 Å². The van der Waals surface area contributed by atoms with Gasteiger partial charge in [0, 0.05) is 24.9 Å². The van der Waals surface area contributed by atoms with E-state index in [0.29, 0.717) is 5.02 Å². The van der Waals surface area contributed by atoms with E-state index in [1.165, 1.54) is 14.2 Å². The minimum Gasteiger partial charge on any atom is -0.363 e. The van der Waals surface area contributed by atoms with Crippen LogP contribution in [0.5, 0.6) is 0 Å². The minimum absolute atomic E-state index is 0.643. The summed E-state index contributed by atoms with van der Waals surface area (Å²) < 4.78 is 10.2. The first kappa shape index (κ1) is 13.8. The number of anilines is 1. The van der Waals surface area contributed by atoms with Crippen LogP contribution in [0, 0.1) is 11.3 Å². The van der Waals surface area contributed by atoms with Crippen LogP contribution in [0.1, 0.15) is 6.92 Å². The summed E-state index contributed by atoms with van der Waals surface area (Å²) in [6.07, 6.45) is -0.664. The maximum absolute atomic E-state index is 9.24. The molecule has 0 bridgehead atoms. The molecule has 1 atom stereocenters. The van der Waals surface area contributed by atoms with Crippen LogP contribution in [0.15, 0.2) is 24.3 Å². The second-order valence-corrected chi connectivity index (χ2v) is 4.19. The van der Waals surface area contributed by atoms with Crippen LogP contribution in [0.25, 0.3) is 0 Å². The highest BCUT2D eigenvalue weighted by Crippen LogP contribution is 2.22. The molecule has 0 aliphatic carbocycles. The Balaban J connectivity index is 2.89. The first-order chi connectivity index (χ1) is 8.05. The lowest BCUT2D eigenvalue weighted by Gasteiger charge is -2.30. The van der Waals surface area contributed by atoms with Gasteiger partial charge in [-0.2, -0.15) is 5.26 Å². The van der Waals surface area contributed by atoms with E-state index in [2.05, 4.69) is 11.4 Å². The molecular weight excluding hydrogens is 240 g/mol. The summed E-state index contributed by atoms with van der Waals surface area (Å²) in [6.45, 7) is 1.71. The quantitative estimate of drug-likeness (QED) is 0.821. The molecule has 1 N–H and O–H groups in total. The molecule has 1 rings (SSSR count). The second kappa shape index (κ2) is 5.87. The summed E-state index contributed by atoms with van der Waals surface area (Å²) in [6, 6.07) is 9.23. The molecule has 0 fully saturated rings. The zero-order valence-electron chi connectivity index (χ0n) is 10.0. The predicted octanol–water partition coefficient (Wildman–Crippen LogP) is 2.65. The third-order valence-electron chi connectivity index (χ3n) is 2.38. The van der Waals surface area contributed by atoms with E-state index in [4.69, 9.17) is 21.1 Å². The van der Waals surface area contributed by atoms with Crippen molar-refractivity contribution in [2.45, 2.75) is 18.8 Å². The molecule has 1 aromatic carbocycles. The van der Waals surface area contributed by atoms with Crippen molar-refractivity contribution < 1.29 is 9.47 Å². The highest BCUT2D eigenvalue weighted by Gasteiger charge is 2.35. The van der Waals surface area contributed by atoms with Gasteiger partial charge >= 0.3 is 0 Å². The highest BCUT2D eigenvalue weighted by molar-refractivity contribution is 6.30. The van der Waals surface area contributed by atoms with Crippen molar-refractivity contribution >= 4 is 17.3 Å². The molecule has 0 saturated heterocycles. The fourth-order valence-corrected chi connectivity index (χ4v) is 1.67. The summed E-state index contributed by atoms with van der Waals surface area (Å²) in [4.78, 5) is 0. The Kier molecular flexibility index (Phi) is 4.76. The number of nitrogens with one attached hydrogen (secondary N) is 1. The van der Waals surface area contributed by atoms with Gasteiger partial charge in [-0.15, -0.1) is 0 Å². The average Bonchev–Trinajstić information content (AvgIpc) is 2.33. The largest absolute Gasteiger partial charge is 0.363 e. The first-order valence-electron chi connectivity index (χ1n) is 5.06. The Morgan fingerprint density at radius 1 is 1.29 bits per heavy atom. The van der Waals surface area contributed by atoms with Gasteiger partial charge in [-0.25, -0.2) is 0 Å². The molecule has 0 radical (unpaired) electrons. The number of benzene rings is 1. The summed E-state index contributed by atoms with van der Waals surface area (Å²) in [5.41, 5.74) is -0.199. The van der Waals surface area contributed by atoms with Gasteiger partial charge in [0.05, 0.1) is 6.07 Å². The van der Waals surface area contributed by atoms with Crippen LogP contribution < -0.4 is 5.32 Å². The fraction of sp³-hybridized carbons (Fsp3) is 0.417. The monoisotopic (exact) mass is 254 g/mol. The second-order valence-electron chi connectivity index (χ2n) is 3.75. The molecule has 0 amide bonds. The van der Waals surface area contributed by atoms with E-state index in [-0.39, 0.29) is 0 Å². The van der Waals surface area contributed by atoms with Gasteiger partial charge in [-0.3, -0.25) is 0 Å². The van der Waals surface area contributed by atoms with Crippen LogP contribution in [0.2, 0.25) is 5.02 Å². The van der Waals surface area contributed by atoms with Crippen molar-refractivity contribution in [1.29, 1.82) is 5.26 Å². The third kappa shape index (κ3) is 3.34. The summed E-state index contributed by atoms with van der Waals surface area (Å²) >= 11 is 5.79. The van der Waals surface area contributed by atoms with E-state index in [0.717, 1.165) is 5.69 Å². The van der Waals surface area contributed by atoms with E-state index in [1.54, 1.807) is 31.2 Å². The highest BCUT2D eigenvalue weighted by atomic mass is 35.5. The van der Waals surface area contributed by atoms with E-state index < -0.39 is 11.8 Å². The molecule has 0 aliphatic heterocycles. The Morgan fingerprint density at radius 2 is 1.82 bits per heavy atom. The number of methoxy groups -OCH3 is 2. The number of rotatable bonds is 5. The maximum atomic E-state index is 9.24. The number of hydrogen-bond acceptors (Lipinski definition) is 4.